The number of rotatable bonds is 8. The molecule has 0 saturated carbocycles. The average Bonchev–Trinajstić information content (AvgIpc) is 3.32. The van der Waals surface area contributed by atoms with E-state index in [1.54, 1.807) is 0 Å². The number of carboxylic acid groups (broad SMARTS) is 1. The van der Waals surface area contributed by atoms with E-state index in [4.69, 9.17) is 20.8 Å². The molecule has 0 saturated heterocycles. The quantitative estimate of drug-likeness (QED) is 0.428. The smallest absolute Gasteiger partial charge is 0.307 e. The molecule has 3 aromatic rings. The second-order valence-electron chi connectivity index (χ2n) is 8.47. The van der Waals surface area contributed by atoms with Gasteiger partial charge in [-0.3, -0.25) is 4.79 Å². The highest BCUT2D eigenvalue weighted by molar-refractivity contribution is 6.32. The van der Waals surface area contributed by atoms with Crippen molar-refractivity contribution in [3.05, 3.63) is 69.6 Å². The van der Waals surface area contributed by atoms with Gasteiger partial charge in [-0.15, -0.1) is 0 Å². The third-order valence-corrected chi connectivity index (χ3v) is 6.64. The highest BCUT2D eigenvalue weighted by atomic mass is 35.5. The number of oxazole rings is 1. The fourth-order valence-corrected chi connectivity index (χ4v) is 4.76. The maximum absolute atomic E-state index is 11.6. The Labute approximate surface area is 193 Å². The number of ether oxygens (including phenoxy) is 1. The first kappa shape index (κ1) is 22.4. The van der Waals surface area contributed by atoms with E-state index in [9.17, 15) is 9.90 Å². The molecule has 0 radical (unpaired) electrons. The summed E-state index contributed by atoms with van der Waals surface area (Å²) in [5, 5.41) is 10.1. The van der Waals surface area contributed by atoms with Crippen LogP contribution in [0.1, 0.15) is 53.8 Å². The van der Waals surface area contributed by atoms with E-state index >= 15 is 0 Å². The Kier molecular flexibility index (Phi) is 6.56. The second kappa shape index (κ2) is 9.37. The number of hydrogen-bond donors (Lipinski definition) is 1. The summed E-state index contributed by atoms with van der Waals surface area (Å²) in [6.45, 7) is 6.31. The largest absolute Gasteiger partial charge is 0.492 e. The van der Waals surface area contributed by atoms with Gasteiger partial charge in [0.25, 0.3) is 0 Å². The molecule has 2 aromatic carbocycles. The Bertz CT molecular complexity index is 1120. The molecular formula is C26H28ClNO4. The molecule has 1 aliphatic carbocycles. The van der Waals surface area contributed by atoms with Crippen LogP contribution in [0.4, 0.5) is 0 Å². The number of benzene rings is 2. The lowest BCUT2D eigenvalue weighted by Crippen LogP contribution is -2.19. The van der Waals surface area contributed by atoms with Gasteiger partial charge in [0.2, 0.25) is 5.89 Å². The molecule has 32 heavy (non-hydrogen) atoms. The summed E-state index contributed by atoms with van der Waals surface area (Å²) in [4.78, 5) is 16.3. The molecular weight excluding hydrogens is 426 g/mol. The van der Waals surface area contributed by atoms with E-state index in [-0.39, 0.29) is 11.8 Å². The van der Waals surface area contributed by atoms with E-state index in [1.807, 2.05) is 57.2 Å². The summed E-state index contributed by atoms with van der Waals surface area (Å²) >= 11 is 6.50. The summed E-state index contributed by atoms with van der Waals surface area (Å²) in [5.41, 5.74) is 5.19. The van der Waals surface area contributed by atoms with Crippen LogP contribution in [0.15, 0.2) is 40.8 Å². The van der Waals surface area contributed by atoms with Crippen LogP contribution in [0, 0.1) is 19.8 Å². The first-order valence-electron chi connectivity index (χ1n) is 11.1. The zero-order chi connectivity index (χ0) is 22.8. The van der Waals surface area contributed by atoms with Gasteiger partial charge < -0.3 is 14.3 Å². The lowest BCUT2D eigenvalue weighted by Gasteiger charge is -2.19. The van der Waals surface area contributed by atoms with E-state index in [2.05, 4.69) is 4.98 Å². The lowest BCUT2D eigenvalue weighted by molar-refractivity contribution is -0.142. The van der Waals surface area contributed by atoms with Crippen molar-refractivity contribution < 1.29 is 19.1 Å². The zero-order valence-corrected chi connectivity index (χ0v) is 19.4. The topological polar surface area (TPSA) is 72.6 Å². The third-order valence-electron chi connectivity index (χ3n) is 6.35. The molecule has 0 bridgehead atoms. The minimum Gasteiger partial charge on any atom is -0.492 e. The van der Waals surface area contributed by atoms with Gasteiger partial charge in [0.1, 0.15) is 11.5 Å². The maximum Gasteiger partial charge on any atom is 0.307 e. The number of aliphatic carboxylic acids is 1. The Morgan fingerprint density at radius 2 is 2.03 bits per heavy atom. The summed E-state index contributed by atoms with van der Waals surface area (Å²) in [6, 6.07) is 12.0. The average molecular weight is 454 g/mol. The van der Waals surface area contributed by atoms with Crippen LogP contribution in [0.2, 0.25) is 5.02 Å². The summed E-state index contributed by atoms with van der Waals surface area (Å²) in [5.74, 6) is 0.924. The number of fused-ring (bicyclic) bond motifs is 1. The Balaban J connectivity index is 1.43. The van der Waals surface area contributed by atoms with E-state index < -0.39 is 5.97 Å². The molecule has 0 aliphatic heterocycles. The van der Waals surface area contributed by atoms with E-state index in [0.29, 0.717) is 36.1 Å². The maximum atomic E-state index is 11.6. The minimum absolute atomic E-state index is 0.0111. The number of halogens is 1. The Morgan fingerprint density at radius 3 is 2.72 bits per heavy atom. The van der Waals surface area contributed by atoms with Gasteiger partial charge in [-0.05, 0) is 74.4 Å². The van der Waals surface area contributed by atoms with Crippen molar-refractivity contribution in [2.45, 2.75) is 52.4 Å². The minimum atomic E-state index is -0.741. The lowest BCUT2D eigenvalue weighted by atomic mass is 9.85. The predicted octanol–water partition coefficient (Wildman–Crippen LogP) is 6.37. The predicted molar refractivity (Wildman–Crippen MR) is 125 cm³/mol. The van der Waals surface area contributed by atoms with Crippen molar-refractivity contribution in [2.75, 3.05) is 6.61 Å². The van der Waals surface area contributed by atoms with Crippen molar-refractivity contribution in [1.82, 2.24) is 4.98 Å². The third kappa shape index (κ3) is 4.53. The van der Waals surface area contributed by atoms with Gasteiger partial charge in [0.15, 0.2) is 0 Å². The molecule has 1 aliphatic rings. The normalized spacial score (nSPS) is 16.1. The number of aromatic nitrogens is 1. The molecule has 0 spiro atoms. The first-order valence-corrected chi connectivity index (χ1v) is 11.5. The Hall–Kier alpha value is -2.79. The number of nitrogens with zero attached hydrogens (tertiary/aromatic N) is 1. The summed E-state index contributed by atoms with van der Waals surface area (Å²) < 4.78 is 11.8. The fraction of sp³-hybridized carbons (Fsp3) is 0.385. The number of carboxylic acids is 1. The van der Waals surface area contributed by atoms with Crippen LogP contribution in [-0.4, -0.2) is 22.7 Å². The van der Waals surface area contributed by atoms with Gasteiger partial charge in [0, 0.05) is 12.0 Å². The second-order valence-corrected chi connectivity index (χ2v) is 8.87. The van der Waals surface area contributed by atoms with Crippen molar-refractivity contribution in [3.63, 3.8) is 0 Å². The number of carbonyl (C=O) groups is 1. The van der Waals surface area contributed by atoms with Crippen molar-refractivity contribution >= 4 is 17.6 Å². The van der Waals surface area contributed by atoms with Crippen LogP contribution >= 0.6 is 11.6 Å². The van der Waals surface area contributed by atoms with Crippen molar-refractivity contribution in [3.8, 4) is 17.2 Å². The molecule has 4 rings (SSSR count). The number of hydrogen-bond acceptors (Lipinski definition) is 4. The molecule has 168 valence electrons. The van der Waals surface area contributed by atoms with Crippen LogP contribution in [0.3, 0.4) is 0 Å². The Morgan fingerprint density at radius 1 is 1.28 bits per heavy atom. The fourth-order valence-electron chi connectivity index (χ4n) is 4.54. The SMILES string of the molecule is CCC(C(=O)O)C1CCc2cc(OCCc3nc(-c4ccc(C)cc4)oc3C)c(Cl)cc21. The van der Waals surface area contributed by atoms with Crippen LogP contribution in [0.25, 0.3) is 11.5 Å². The molecule has 0 fully saturated rings. The molecule has 1 heterocycles. The van der Waals surface area contributed by atoms with E-state index in [1.165, 1.54) is 5.56 Å². The van der Waals surface area contributed by atoms with Gasteiger partial charge in [-0.1, -0.05) is 36.2 Å². The van der Waals surface area contributed by atoms with Crippen LogP contribution in [0.5, 0.6) is 5.75 Å². The van der Waals surface area contributed by atoms with E-state index in [0.717, 1.165) is 41.0 Å². The summed E-state index contributed by atoms with van der Waals surface area (Å²) in [6.07, 6.45) is 2.89. The molecule has 1 aromatic heterocycles. The van der Waals surface area contributed by atoms with Crippen LogP contribution < -0.4 is 4.74 Å². The van der Waals surface area contributed by atoms with Gasteiger partial charge >= 0.3 is 5.97 Å². The standard InChI is InChI=1S/C26H28ClNO4/c1-4-19(26(29)30)20-10-9-18-13-24(22(27)14-21(18)20)31-12-11-23-16(3)32-25(28-23)17-7-5-15(2)6-8-17/h5-8,13-14,19-20H,4,9-12H2,1-3H3,(H,29,30). The van der Waals surface area contributed by atoms with Crippen LogP contribution in [-0.2, 0) is 17.6 Å². The van der Waals surface area contributed by atoms with Crippen molar-refractivity contribution in [1.29, 1.82) is 0 Å². The molecule has 2 atom stereocenters. The zero-order valence-electron chi connectivity index (χ0n) is 18.7. The number of aryl methyl sites for hydroxylation is 3. The molecule has 0 amide bonds. The molecule has 5 nitrogen and oxygen atoms in total. The molecule has 1 N–H and O–H groups in total. The van der Waals surface area contributed by atoms with Gasteiger partial charge in [0.05, 0.1) is 23.2 Å². The highest BCUT2D eigenvalue weighted by Crippen LogP contribution is 2.43. The van der Waals surface area contributed by atoms with Crippen molar-refractivity contribution in [2.24, 2.45) is 5.92 Å². The molecule has 2 unspecified atom stereocenters. The highest BCUT2D eigenvalue weighted by Gasteiger charge is 2.34. The monoisotopic (exact) mass is 453 g/mol. The summed E-state index contributed by atoms with van der Waals surface area (Å²) in [7, 11) is 0. The molecule has 6 heteroatoms. The first-order chi connectivity index (χ1) is 15.4. The van der Waals surface area contributed by atoms with Gasteiger partial charge in [-0.25, -0.2) is 4.98 Å². The van der Waals surface area contributed by atoms with Gasteiger partial charge in [-0.2, -0.15) is 0 Å².